The molecule has 86 valence electrons. The summed E-state index contributed by atoms with van der Waals surface area (Å²) >= 11 is 0. The summed E-state index contributed by atoms with van der Waals surface area (Å²) in [6, 6.07) is 21.2. The molecule has 1 saturated heterocycles. The molecule has 1 heterocycles. The number of benzene rings is 2. The Morgan fingerprint density at radius 1 is 0.765 bits per heavy atom. The van der Waals surface area contributed by atoms with E-state index in [4.69, 9.17) is 4.74 Å². The first-order valence-electron chi connectivity index (χ1n) is 6.16. The van der Waals surface area contributed by atoms with Crippen molar-refractivity contribution in [2.75, 3.05) is 6.61 Å². The Balaban J connectivity index is 1.91. The van der Waals surface area contributed by atoms with Crippen molar-refractivity contribution in [2.24, 2.45) is 0 Å². The standard InChI is InChI=1S/C16H16O/c1-3-7-13(8-4-1)15-11-12-17-16(15)14-9-5-2-6-10-14/h1-10,15-16H,11-12H2. The SMILES string of the molecule is c1ccc(C2CCOC2c2ccccc2)cc1. The second-order valence-corrected chi connectivity index (χ2v) is 4.51. The third-order valence-corrected chi connectivity index (χ3v) is 3.45. The van der Waals surface area contributed by atoms with Gasteiger partial charge in [0.1, 0.15) is 0 Å². The van der Waals surface area contributed by atoms with Crippen molar-refractivity contribution in [3.63, 3.8) is 0 Å². The summed E-state index contributed by atoms with van der Waals surface area (Å²) in [7, 11) is 0. The Labute approximate surface area is 102 Å². The van der Waals surface area contributed by atoms with Crippen LogP contribution in [0, 0.1) is 0 Å². The van der Waals surface area contributed by atoms with Crippen LogP contribution in [0.5, 0.6) is 0 Å². The molecule has 0 N–H and O–H groups in total. The van der Waals surface area contributed by atoms with Crippen molar-refractivity contribution in [1.82, 2.24) is 0 Å². The lowest BCUT2D eigenvalue weighted by molar-refractivity contribution is 0.104. The van der Waals surface area contributed by atoms with Gasteiger partial charge < -0.3 is 4.74 Å². The number of ether oxygens (including phenoxy) is 1. The minimum Gasteiger partial charge on any atom is -0.373 e. The first-order chi connectivity index (χ1) is 8.45. The summed E-state index contributed by atoms with van der Waals surface area (Å²) in [6.07, 6.45) is 1.34. The zero-order chi connectivity index (χ0) is 11.5. The summed E-state index contributed by atoms with van der Waals surface area (Å²) < 4.78 is 5.91. The van der Waals surface area contributed by atoms with E-state index in [9.17, 15) is 0 Å². The van der Waals surface area contributed by atoms with Crippen molar-refractivity contribution in [3.8, 4) is 0 Å². The monoisotopic (exact) mass is 224 g/mol. The van der Waals surface area contributed by atoms with Crippen LogP contribution in [0.4, 0.5) is 0 Å². The Bertz CT molecular complexity index is 418. The third kappa shape index (κ3) is 2.11. The minimum atomic E-state index is 0.221. The molecule has 2 aromatic carbocycles. The van der Waals surface area contributed by atoms with Gasteiger partial charge in [0.15, 0.2) is 0 Å². The summed E-state index contributed by atoms with van der Waals surface area (Å²) in [5.41, 5.74) is 2.68. The fraction of sp³-hybridized carbons (Fsp3) is 0.250. The van der Waals surface area contributed by atoms with Gasteiger partial charge in [-0.25, -0.2) is 0 Å². The van der Waals surface area contributed by atoms with Crippen LogP contribution in [0.2, 0.25) is 0 Å². The average Bonchev–Trinajstić information content (AvgIpc) is 2.90. The van der Waals surface area contributed by atoms with Gasteiger partial charge in [-0.1, -0.05) is 60.7 Å². The van der Waals surface area contributed by atoms with Gasteiger partial charge in [-0.3, -0.25) is 0 Å². The number of hydrogen-bond acceptors (Lipinski definition) is 1. The van der Waals surface area contributed by atoms with E-state index in [1.807, 2.05) is 0 Å². The highest BCUT2D eigenvalue weighted by Gasteiger charge is 2.30. The van der Waals surface area contributed by atoms with Crippen molar-refractivity contribution >= 4 is 0 Å². The van der Waals surface area contributed by atoms with Crippen molar-refractivity contribution in [2.45, 2.75) is 18.4 Å². The van der Waals surface area contributed by atoms with Crippen LogP contribution in [0.25, 0.3) is 0 Å². The van der Waals surface area contributed by atoms with E-state index in [-0.39, 0.29) is 6.10 Å². The lowest BCUT2D eigenvalue weighted by Gasteiger charge is -2.19. The van der Waals surface area contributed by atoms with Crippen molar-refractivity contribution in [3.05, 3.63) is 71.8 Å². The van der Waals surface area contributed by atoms with E-state index in [1.165, 1.54) is 11.1 Å². The van der Waals surface area contributed by atoms with Gasteiger partial charge in [-0.05, 0) is 17.5 Å². The molecule has 1 heteroatoms. The van der Waals surface area contributed by atoms with Crippen LogP contribution >= 0.6 is 0 Å². The van der Waals surface area contributed by atoms with E-state index < -0.39 is 0 Å². The summed E-state index contributed by atoms with van der Waals surface area (Å²) in [5, 5.41) is 0. The molecule has 17 heavy (non-hydrogen) atoms. The summed E-state index contributed by atoms with van der Waals surface area (Å²) in [5.74, 6) is 0.499. The molecule has 1 aliphatic heterocycles. The molecule has 1 fully saturated rings. The van der Waals surface area contributed by atoms with E-state index in [0.717, 1.165) is 13.0 Å². The number of rotatable bonds is 2. The van der Waals surface area contributed by atoms with E-state index in [2.05, 4.69) is 60.7 Å². The molecule has 0 spiro atoms. The first-order valence-corrected chi connectivity index (χ1v) is 6.16. The van der Waals surface area contributed by atoms with Gasteiger partial charge in [0.25, 0.3) is 0 Å². The Morgan fingerprint density at radius 3 is 2.00 bits per heavy atom. The third-order valence-electron chi connectivity index (χ3n) is 3.45. The maximum atomic E-state index is 5.91. The van der Waals surface area contributed by atoms with Crippen LogP contribution in [0.1, 0.15) is 29.6 Å². The molecule has 0 aromatic heterocycles. The van der Waals surface area contributed by atoms with E-state index in [0.29, 0.717) is 5.92 Å². The molecule has 1 aliphatic rings. The summed E-state index contributed by atoms with van der Waals surface area (Å²) in [4.78, 5) is 0. The molecule has 0 radical (unpaired) electrons. The second kappa shape index (κ2) is 4.72. The van der Waals surface area contributed by atoms with Crippen LogP contribution < -0.4 is 0 Å². The van der Waals surface area contributed by atoms with Gasteiger partial charge in [0.2, 0.25) is 0 Å². The van der Waals surface area contributed by atoms with Crippen LogP contribution in [-0.4, -0.2) is 6.61 Å². The van der Waals surface area contributed by atoms with Crippen LogP contribution in [0.3, 0.4) is 0 Å². The fourth-order valence-corrected chi connectivity index (χ4v) is 2.60. The topological polar surface area (TPSA) is 9.23 Å². The molecule has 0 bridgehead atoms. The maximum Gasteiger partial charge on any atom is 0.0894 e. The fourth-order valence-electron chi connectivity index (χ4n) is 2.60. The van der Waals surface area contributed by atoms with Crippen molar-refractivity contribution in [1.29, 1.82) is 0 Å². The zero-order valence-corrected chi connectivity index (χ0v) is 9.75. The smallest absolute Gasteiger partial charge is 0.0894 e. The second-order valence-electron chi connectivity index (χ2n) is 4.51. The lowest BCUT2D eigenvalue weighted by atomic mass is 9.89. The Morgan fingerprint density at radius 2 is 1.35 bits per heavy atom. The highest BCUT2D eigenvalue weighted by atomic mass is 16.5. The van der Waals surface area contributed by atoms with Gasteiger partial charge in [0, 0.05) is 12.5 Å². The maximum absolute atomic E-state index is 5.91. The van der Waals surface area contributed by atoms with Crippen molar-refractivity contribution < 1.29 is 4.74 Å². The van der Waals surface area contributed by atoms with E-state index >= 15 is 0 Å². The van der Waals surface area contributed by atoms with Gasteiger partial charge in [-0.15, -0.1) is 0 Å². The average molecular weight is 224 g/mol. The van der Waals surface area contributed by atoms with Gasteiger partial charge in [-0.2, -0.15) is 0 Å². The van der Waals surface area contributed by atoms with Crippen LogP contribution in [0.15, 0.2) is 60.7 Å². The molecule has 3 rings (SSSR count). The molecule has 0 aliphatic carbocycles. The molecule has 0 saturated carbocycles. The highest BCUT2D eigenvalue weighted by molar-refractivity contribution is 5.28. The van der Waals surface area contributed by atoms with Crippen LogP contribution in [-0.2, 0) is 4.74 Å². The van der Waals surface area contributed by atoms with Gasteiger partial charge >= 0.3 is 0 Å². The molecule has 2 atom stereocenters. The van der Waals surface area contributed by atoms with E-state index in [1.54, 1.807) is 0 Å². The predicted octanol–water partition coefficient (Wildman–Crippen LogP) is 3.93. The first kappa shape index (κ1) is 10.5. The quantitative estimate of drug-likeness (QED) is 0.751. The molecular weight excluding hydrogens is 208 g/mol. The molecule has 2 aromatic rings. The zero-order valence-electron chi connectivity index (χ0n) is 9.75. The predicted molar refractivity (Wildman–Crippen MR) is 68.9 cm³/mol. The number of hydrogen-bond donors (Lipinski definition) is 0. The molecule has 0 amide bonds. The Hall–Kier alpha value is -1.60. The highest BCUT2D eigenvalue weighted by Crippen LogP contribution is 2.41. The molecule has 1 nitrogen and oxygen atoms in total. The normalized spacial score (nSPS) is 23.8. The minimum absolute atomic E-state index is 0.221. The Kier molecular flexibility index (Phi) is 2.93. The largest absolute Gasteiger partial charge is 0.373 e. The molecule has 2 unspecified atom stereocenters. The van der Waals surface area contributed by atoms with Gasteiger partial charge in [0.05, 0.1) is 6.10 Å². The molecular formula is C16H16O. The summed E-state index contributed by atoms with van der Waals surface area (Å²) in [6.45, 7) is 0.860. The lowest BCUT2D eigenvalue weighted by Crippen LogP contribution is -2.05.